The van der Waals surface area contributed by atoms with Crippen molar-refractivity contribution in [3.8, 4) is 0 Å². The number of nitrogens with one attached hydrogen (secondary N) is 1. The second-order valence-corrected chi connectivity index (χ2v) is 6.56. The van der Waals surface area contributed by atoms with Crippen LogP contribution in [0.2, 0.25) is 0 Å². The summed E-state index contributed by atoms with van der Waals surface area (Å²) in [5, 5.41) is 9.60. The molecule has 1 unspecified atom stereocenters. The molecule has 0 aromatic carbocycles. The number of hydrogen-bond acceptors (Lipinski definition) is 4. The van der Waals surface area contributed by atoms with Gasteiger partial charge >= 0.3 is 6.18 Å². The lowest BCUT2D eigenvalue weighted by Crippen LogP contribution is -2.38. The van der Waals surface area contributed by atoms with Crippen LogP contribution in [0.15, 0.2) is 30.7 Å². The molecule has 2 heterocycles. The summed E-state index contributed by atoms with van der Waals surface area (Å²) in [5.74, 6) is -0.439. The molecule has 0 bridgehead atoms. The Morgan fingerprint density at radius 3 is 2.73 bits per heavy atom. The van der Waals surface area contributed by atoms with E-state index in [9.17, 15) is 18.0 Å². The second-order valence-electron chi connectivity index (χ2n) is 6.56. The number of pyridine rings is 1. The normalized spacial score (nSPS) is 17.0. The summed E-state index contributed by atoms with van der Waals surface area (Å²) in [6.07, 6.45) is 4.98. The van der Waals surface area contributed by atoms with Crippen LogP contribution in [-0.2, 0) is 6.54 Å². The van der Waals surface area contributed by atoms with E-state index in [1.54, 1.807) is 0 Å². The molecule has 1 saturated carbocycles. The number of nitrogens with zero attached hydrogens (tertiary/aromatic N) is 4. The highest BCUT2D eigenvalue weighted by Gasteiger charge is 2.42. The van der Waals surface area contributed by atoms with Gasteiger partial charge in [-0.05, 0) is 24.8 Å². The molecule has 1 aliphatic rings. The first-order valence-electron chi connectivity index (χ1n) is 8.61. The van der Waals surface area contributed by atoms with E-state index in [2.05, 4.69) is 15.3 Å². The molecule has 9 heteroatoms. The van der Waals surface area contributed by atoms with E-state index >= 15 is 0 Å². The van der Waals surface area contributed by atoms with Crippen molar-refractivity contribution in [1.82, 2.24) is 25.3 Å². The van der Waals surface area contributed by atoms with Gasteiger partial charge in [0.05, 0.1) is 6.20 Å². The van der Waals surface area contributed by atoms with Crippen molar-refractivity contribution in [2.24, 2.45) is 5.92 Å². The first-order valence-corrected chi connectivity index (χ1v) is 8.61. The molecular formula is C17H20F3N5O. The minimum atomic E-state index is -4.64. The maximum atomic E-state index is 13.3. The number of rotatable bonds is 5. The van der Waals surface area contributed by atoms with Gasteiger partial charge in [-0.1, -0.05) is 30.5 Å². The highest BCUT2D eigenvalue weighted by molar-refractivity contribution is 5.92. The van der Waals surface area contributed by atoms with Crippen LogP contribution in [0.25, 0.3) is 0 Å². The second kappa shape index (κ2) is 7.84. The smallest absolute Gasteiger partial charge is 0.335 e. The molecule has 1 amide bonds. The Bertz CT molecular complexity index is 725. The lowest BCUT2D eigenvalue weighted by Gasteiger charge is -2.21. The fourth-order valence-corrected chi connectivity index (χ4v) is 3.23. The van der Waals surface area contributed by atoms with Gasteiger partial charge in [-0.2, -0.15) is 13.2 Å². The topological polar surface area (TPSA) is 72.7 Å². The van der Waals surface area contributed by atoms with Crippen LogP contribution in [0.3, 0.4) is 0 Å². The Labute approximate surface area is 148 Å². The minimum absolute atomic E-state index is 0.126. The van der Waals surface area contributed by atoms with E-state index in [0.29, 0.717) is 12.5 Å². The summed E-state index contributed by atoms with van der Waals surface area (Å²) in [6.45, 7) is 0.631. The van der Waals surface area contributed by atoms with Crippen molar-refractivity contribution in [2.75, 3.05) is 0 Å². The predicted octanol–water partition coefficient (Wildman–Crippen LogP) is 3.29. The molecule has 1 aliphatic carbocycles. The number of carbonyl (C=O) groups is 1. The van der Waals surface area contributed by atoms with Crippen molar-refractivity contribution in [2.45, 2.75) is 50.9 Å². The molecule has 2 aromatic heterocycles. The lowest BCUT2D eigenvalue weighted by atomic mass is 9.89. The van der Waals surface area contributed by atoms with Crippen molar-refractivity contribution >= 4 is 5.91 Å². The van der Waals surface area contributed by atoms with E-state index in [-0.39, 0.29) is 11.3 Å². The Morgan fingerprint density at radius 1 is 1.31 bits per heavy atom. The van der Waals surface area contributed by atoms with Gasteiger partial charge in [0.15, 0.2) is 11.7 Å². The number of hydrogen-bond donors (Lipinski definition) is 1. The third kappa shape index (κ3) is 4.59. The van der Waals surface area contributed by atoms with Crippen LogP contribution in [0.1, 0.15) is 54.2 Å². The summed E-state index contributed by atoms with van der Waals surface area (Å²) in [5.41, 5.74) is -0.262. The van der Waals surface area contributed by atoms with E-state index in [4.69, 9.17) is 0 Å². The van der Waals surface area contributed by atoms with Gasteiger partial charge in [0.2, 0.25) is 0 Å². The standard InChI is InChI=1S/C17H20F3N5O/c18-17(19,20)15(13-7-4-8-21-9-13)22-16(26)14-11-25(24-23-14)10-12-5-2-1-3-6-12/h4,7-9,11-12,15H,1-3,5-6,10H2,(H,22,26). The molecular weight excluding hydrogens is 347 g/mol. The SMILES string of the molecule is O=C(NC(c1cccnc1)C(F)(F)F)c1cn(CC2CCCCC2)nn1. The molecule has 0 radical (unpaired) electrons. The molecule has 6 nitrogen and oxygen atoms in total. The van der Waals surface area contributed by atoms with Gasteiger partial charge in [0, 0.05) is 24.5 Å². The average Bonchev–Trinajstić information content (AvgIpc) is 3.09. The zero-order valence-electron chi connectivity index (χ0n) is 14.1. The zero-order chi connectivity index (χ0) is 18.6. The van der Waals surface area contributed by atoms with Gasteiger partial charge in [-0.25, -0.2) is 0 Å². The summed E-state index contributed by atoms with van der Waals surface area (Å²) in [6, 6.07) is 0.513. The van der Waals surface area contributed by atoms with E-state index < -0.39 is 18.1 Å². The van der Waals surface area contributed by atoms with Crippen LogP contribution >= 0.6 is 0 Å². The Kier molecular flexibility index (Phi) is 5.53. The third-order valence-corrected chi connectivity index (χ3v) is 4.56. The fraction of sp³-hybridized carbons (Fsp3) is 0.529. The lowest BCUT2D eigenvalue weighted by molar-refractivity contribution is -0.155. The number of alkyl halides is 3. The van der Waals surface area contributed by atoms with E-state index in [0.717, 1.165) is 19.0 Å². The van der Waals surface area contributed by atoms with E-state index in [1.165, 1.54) is 48.5 Å². The number of carbonyl (C=O) groups excluding carboxylic acids is 1. The molecule has 1 fully saturated rings. The van der Waals surface area contributed by atoms with Gasteiger partial charge in [-0.3, -0.25) is 14.5 Å². The molecule has 26 heavy (non-hydrogen) atoms. The predicted molar refractivity (Wildman–Crippen MR) is 87.1 cm³/mol. The van der Waals surface area contributed by atoms with Gasteiger partial charge < -0.3 is 5.32 Å². The van der Waals surface area contributed by atoms with Gasteiger partial charge in [0.25, 0.3) is 5.91 Å². The monoisotopic (exact) mass is 367 g/mol. The van der Waals surface area contributed by atoms with E-state index in [1.807, 2.05) is 5.32 Å². The Morgan fingerprint density at radius 2 is 2.08 bits per heavy atom. The number of halogens is 3. The molecule has 0 saturated heterocycles. The Hall–Kier alpha value is -2.45. The van der Waals surface area contributed by atoms with Crippen molar-refractivity contribution in [1.29, 1.82) is 0 Å². The minimum Gasteiger partial charge on any atom is -0.335 e. The van der Waals surface area contributed by atoms with Gasteiger partial charge in [-0.15, -0.1) is 5.10 Å². The largest absolute Gasteiger partial charge is 0.412 e. The van der Waals surface area contributed by atoms with Crippen LogP contribution in [0.4, 0.5) is 13.2 Å². The number of aromatic nitrogens is 4. The molecule has 3 rings (SSSR count). The first-order chi connectivity index (χ1) is 12.4. The first kappa shape index (κ1) is 18.3. The molecule has 2 aromatic rings. The summed E-state index contributed by atoms with van der Waals surface area (Å²) >= 11 is 0. The maximum Gasteiger partial charge on any atom is 0.412 e. The number of amides is 1. The highest BCUT2D eigenvalue weighted by atomic mass is 19.4. The van der Waals surface area contributed by atoms with Crippen molar-refractivity contribution < 1.29 is 18.0 Å². The van der Waals surface area contributed by atoms with Crippen LogP contribution < -0.4 is 5.32 Å². The van der Waals surface area contributed by atoms with Crippen molar-refractivity contribution in [3.05, 3.63) is 42.0 Å². The third-order valence-electron chi connectivity index (χ3n) is 4.56. The summed E-state index contributed by atoms with van der Waals surface area (Å²) in [7, 11) is 0. The van der Waals surface area contributed by atoms with Crippen LogP contribution in [-0.4, -0.2) is 32.1 Å². The molecule has 1 N–H and O–H groups in total. The average molecular weight is 367 g/mol. The molecule has 0 aliphatic heterocycles. The van der Waals surface area contributed by atoms with Crippen molar-refractivity contribution in [3.63, 3.8) is 0 Å². The molecule has 0 spiro atoms. The molecule has 1 atom stereocenters. The highest BCUT2D eigenvalue weighted by Crippen LogP contribution is 2.32. The quantitative estimate of drug-likeness (QED) is 0.880. The zero-order valence-corrected chi connectivity index (χ0v) is 14.1. The fourth-order valence-electron chi connectivity index (χ4n) is 3.23. The maximum absolute atomic E-state index is 13.3. The van der Waals surface area contributed by atoms with Crippen LogP contribution in [0.5, 0.6) is 0 Å². The van der Waals surface area contributed by atoms with Crippen LogP contribution in [0, 0.1) is 5.92 Å². The van der Waals surface area contributed by atoms with Gasteiger partial charge in [0.1, 0.15) is 0 Å². The molecule has 140 valence electrons. The Balaban J connectivity index is 1.68. The summed E-state index contributed by atoms with van der Waals surface area (Å²) in [4.78, 5) is 15.9. The summed E-state index contributed by atoms with van der Waals surface area (Å²) < 4.78 is 41.5.